The Bertz CT molecular complexity index is 2190. The van der Waals surface area contributed by atoms with Crippen molar-refractivity contribution in [2.75, 3.05) is 28.2 Å². The number of hydrogen-bond donors (Lipinski definition) is 2. The lowest BCUT2D eigenvalue weighted by molar-refractivity contribution is -0.201. The summed E-state index contributed by atoms with van der Waals surface area (Å²) in [5, 5.41) is 23.5. The van der Waals surface area contributed by atoms with E-state index in [9.17, 15) is 24.6 Å². The SMILES string of the molecule is CC=CC1OC1(C)c1cc(=O)c2ccc3c(c2o1)C(=O)c1c(O)c(C2CC(C)(N(C)C)C(OC(C)=O)C(C)O2)cc(C2CC(N(C)C)C(O)C(C)O2)c1C3=O. The zero-order chi connectivity index (χ0) is 40.0. The molecule has 13 nitrogen and oxygen atoms in total. The topological polar surface area (TPSA) is 169 Å². The highest BCUT2D eigenvalue weighted by Crippen LogP contribution is 2.51. The molecule has 1 aromatic heterocycles. The van der Waals surface area contributed by atoms with Gasteiger partial charge in [0.25, 0.3) is 0 Å². The second kappa shape index (κ2) is 13.7. The number of ether oxygens (including phenoxy) is 4. The maximum Gasteiger partial charge on any atom is 0.303 e. The molecule has 3 fully saturated rings. The average molecular weight is 759 g/mol. The van der Waals surface area contributed by atoms with E-state index in [1.54, 1.807) is 26.8 Å². The van der Waals surface area contributed by atoms with Crippen LogP contribution < -0.4 is 5.43 Å². The standard InChI is InChI=1S/C42H50N2O11/c1-11-12-30-42(6,55-30)31-17-27(46)22-13-14-23-33(39(22)54-31)38(50)34-32(36(23)48)24(28-16-26(43(7)8)35(47)19(2)51-28)15-25(37(34)49)29-18-41(5,44(9)10)40(20(3)52-29)53-21(4)45/h11-15,17,19-20,26,28-30,35,40,47,49H,16,18H2,1-10H3. The molecule has 0 amide bonds. The van der Waals surface area contributed by atoms with Gasteiger partial charge in [-0.05, 0) is 99.4 Å². The lowest BCUT2D eigenvalue weighted by atomic mass is 9.75. The van der Waals surface area contributed by atoms with Crippen molar-refractivity contribution >= 4 is 28.5 Å². The van der Waals surface area contributed by atoms with Crippen LogP contribution in [0.3, 0.4) is 0 Å². The number of ketones is 2. The smallest absolute Gasteiger partial charge is 0.303 e. The summed E-state index contributed by atoms with van der Waals surface area (Å²) in [6, 6.07) is 5.59. The minimum absolute atomic E-state index is 0.0190. The molecular formula is C42H50N2O11. The summed E-state index contributed by atoms with van der Waals surface area (Å²) in [4.78, 5) is 59.5. The number of rotatable bonds is 7. The van der Waals surface area contributed by atoms with Crippen LogP contribution in [0.4, 0.5) is 0 Å². The molecule has 2 aromatic carbocycles. The number of allylic oxidation sites excluding steroid dienone is 1. The molecule has 294 valence electrons. The highest BCUT2D eigenvalue weighted by Gasteiger charge is 2.55. The molecule has 10 atom stereocenters. The van der Waals surface area contributed by atoms with Crippen molar-refractivity contribution in [1.82, 2.24) is 9.80 Å². The highest BCUT2D eigenvalue weighted by molar-refractivity contribution is 6.33. The Balaban J connectivity index is 1.45. The predicted molar refractivity (Wildman–Crippen MR) is 201 cm³/mol. The molecule has 4 heterocycles. The molecule has 0 bridgehead atoms. The lowest BCUT2D eigenvalue weighted by Gasteiger charge is -2.50. The number of epoxide rings is 1. The van der Waals surface area contributed by atoms with Crippen LogP contribution in [0.2, 0.25) is 0 Å². The number of fused-ring (bicyclic) bond motifs is 4. The maximum absolute atomic E-state index is 15.1. The van der Waals surface area contributed by atoms with Gasteiger partial charge in [0, 0.05) is 35.7 Å². The number of hydrogen-bond acceptors (Lipinski definition) is 13. The van der Waals surface area contributed by atoms with E-state index in [1.807, 2.05) is 64.0 Å². The van der Waals surface area contributed by atoms with Crippen LogP contribution in [0.5, 0.6) is 5.75 Å². The number of phenolic OH excluding ortho intramolecular Hbond substituents is 1. The molecule has 10 unspecified atom stereocenters. The number of aliphatic hydroxyl groups is 1. The number of aromatic hydroxyl groups is 1. The Labute approximate surface area is 319 Å². The van der Waals surface area contributed by atoms with Crippen LogP contribution in [0.25, 0.3) is 11.0 Å². The Morgan fingerprint density at radius 2 is 1.64 bits per heavy atom. The molecule has 7 rings (SSSR count). The molecule has 2 N–H and O–H groups in total. The molecule has 55 heavy (non-hydrogen) atoms. The van der Waals surface area contributed by atoms with Crippen molar-refractivity contribution in [2.24, 2.45) is 0 Å². The van der Waals surface area contributed by atoms with Gasteiger partial charge in [-0.25, -0.2) is 0 Å². The molecule has 3 aromatic rings. The fourth-order valence-corrected chi connectivity index (χ4v) is 8.82. The monoisotopic (exact) mass is 758 g/mol. The largest absolute Gasteiger partial charge is 0.507 e. The van der Waals surface area contributed by atoms with Gasteiger partial charge >= 0.3 is 5.97 Å². The van der Waals surface area contributed by atoms with Gasteiger partial charge in [0.15, 0.2) is 16.8 Å². The number of carbonyl (C=O) groups excluding carboxylic acids is 3. The van der Waals surface area contributed by atoms with Crippen LogP contribution in [-0.2, 0) is 29.3 Å². The molecule has 3 aliphatic heterocycles. The zero-order valence-corrected chi connectivity index (χ0v) is 33.0. The van der Waals surface area contributed by atoms with Gasteiger partial charge in [-0.1, -0.05) is 12.2 Å². The molecule has 0 spiro atoms. The first kappa shape index (κ1) is 39.0. The van der Waals surface area contributed by atoms with Gasteiger partial charge in [-0.3, -0.25) is 19.2 Å². The Morgan fingerprint density at radius 1 is 0.945 bits per heavy atom. The van der Waals surface area contributed by atoms with Gasteiger partial charge in [0.1, 0.15) is 29.3 Å². The third kappa shape index (κ3) is 6.16. The van der Waals surface area contributed by atoms with Gasteiger partial charge in [-0.2, -0.15) is 0 Å². The van der Waals surface area contributed by atoms with E-state index in [0.717, 1.165) is 0 Å². The highest BCUT2D eigenvalue weighted by atomic mass is 16.6. The first-order valence-corrected chi connectivity index (χ1v) is 18.7. The third-order valence-electron chi connectivity index (χ3n) is 12.3. The second-order valence-electron chi connectivity index (χ2n) is 16.2. The summed E-state index contributed by atoms with van der Waals surface area (Å²) in [6.07, 6.45) is -0.525. The molecular weight excluding hydrogens is 708 g/mol. The van der Waals surface area contributed by atoms with Crippen LogP contribution in [0.15, 0.2) is 45.6 Å². The quantitative estimate of drug-likeness (QED) is 0.151. The molecule has 0 radical (unpaired) electrons. The van der Waals surface area contributed by atoms with E-state index in [2.05, 4.69) is 0 Å². The summed E-state index contributed by atoms with van der Waals surface area (Å²) in [5.41, 5.74) is -1.99. The molecule has 3 saturated heterocycles. The predicted octanol–water partition coefficient (Wildman–Crippen LogP) is 4.71. The first-order valence-electron chi connectivity index (χ1n) is 18.7. The Hall–Kier alpha value is -4.24. The number of benzene rings is 2. The van der Waals surface area contributed by atoms with E-state index < -0.39 is 76.5 Å². The Morgan fingerprint density at radius 3 is 2.27 bits per heavy atom. The third-order valence-corrected chi connectivity index (χ3v) is 12.3. The van der Waals surface area contributed by atoms with Crippen LogP contribution >= 0.6 is 0 Å². The van der Waals surface area contributed by atoms with Crippen molar-refractivity contribution in [1.29, 1.82) is 0 Å². The van der Waals surface area contributed by atoms with Crippen molar-refractivity contribution in [3.8, 4) is 5.75 Å². The average Bonchev–Trinajstić information content (AvgIpc) is 3.78. The number of nitrogens with zero attached hydrogens (tertiary/aromatic N) is 2. The van der Waals surface area contributed by atoms with E-state index in [1.165, 1.54) is 25.1 Å². The van der Waals surface area contributed by atoms with Crippen molar-refractivity contribution in [3.63, 3.8) is 0 Å². The number of likely N-dealkylation sites (N-methyl/N-ethyl adjacent to an activating group) is 2. The van der Waals surface area contributed by atoms with E-state index in [-0.39, 0.29) is 69.5 Å². The van der Waals surface area contributed by atoms with Crippen molar-refractivity contribution in [2.45, 2.75) is 114 Å². The Kier molecular flexibility index (Phi) is 9.75. The van der Waals surface area contributed by atoms with E-state index >= 15 is 4.79 Å². The normalized spacial score (nSPS) is 33.3. The van der Waals surface area contributed by atoms with Crippen molar-refractivity contribution < 1.29 is 48.0 Å². The van der Waals surface area contributed by atoms with Gasteiger partial charge < -0.3 is 43.4 Å². The summed E-state index contributed by atoms with van der Waals surface area (Å²) in [6.45, 7) is 10.5. The lowest BCUT2D eigenvalue weighted by Crippen LogP contribution is -2.61. The first-order chi connectivity index (χ1) is 25.8. The maximum atomic E-state index is 15.1. The summed E-state index contributed by atoms with van der Waals surface area (Å²) in [5.74, 6) is -1.95. The van der Waals surface area contributed by atoms with Crippen LogP contribution in [0, 0.1) is 0 Å². The second-order valence-corrected chi connectivity index (χ2v) is 16.2. The van der Waals surface area contributed by atoms with Gasteiger partial charge in [-0.15, -0.1) is 0 Å². The summed E-state index contributed by atoms with van der Waals surface area (Å²) in [7, 11) is 7.44. The molecule has 4 aliphatic rings. The molecule has 1 aliphatic carbocycles. The fraction of sp³-hybridized carbons (Fsp3) is 0.524. The van der Waals surface area contributed by atoms with Crippen LogP contribution in [0.1, 0.15) is 115 Å². The van der Waals surface area contributed by atoms with E-state index in [0.29, 0.717) is 5.56 Å². The number of esters is 1. The zero-order valence-electron chi connectivity index (χ0n) is 33.0. The molecule has 13 heteroatoms. The number of aliphatic hydroxyl groups excluding tert-OH is 1. The van der Waals surface area contributed by atoms with Crippen LogP contribution in [-0.4, -0.2) is 108 Å². The van der Waals surface area contributed by atoms with Gasteiger partial charge in [0.05, 0.1) is 52.6 Å². The van der Waals surface area contributed by atoms with Gasteiger partial charge in [0.2, 0.25) is 5.78 Å². The fourth-order valence-electron chi connectivity index (χ4n) is 8.82. The minimum Gasteiger partial charge on any atom is -0.507 e. The summed E-state index contributed by atoms with van der Waals surface area (Å²) >= 11 is 0. The molecule has 0 saturated carbocycles. The van der Waals surface area contributed by atoms with Crippen molar-refractivity contribution in [3.05, 3.63) is 85.8 Å². The summed E-state index contributed by atoms with van der Waals surface area (Å²) < 4.78 is 30.9. The minimum atomic E-state index is -0.953. The number of phenols is 1. The number of carbonyl (C=O) groups is 3. The van der Waals surface area contributed by atoms with E-state index in [4.69, 9.17) is 23.4 Å².